The van der Waals surface area contributed by atoms with Gasteiger partial charge in [0.05, 0.1) is 18.0 Å². The molecule has 5 rings (SSSR count). The van der Waals surface area contributed by atoms with Gasteiger partial charge in [-0.1, -0.05) is 0 Å². The van der Waals surface area contributed by atoms with Crippen molar-refractivity contribution in [3.63, 3.8) is 0 Å². The lowest BCUT2D eigenvalue weighted by Gasteiger charge is -2.11. The zero-order chi connectivity index (χ0) is 27.2. The molecule has 3 aromatic rings. The SMILES string of the molecule is O=C(Nc1ccc(NC2=NCCN2)cc1)c1cc(C(=O)Nc2ccc(NC3=NCCN3)cc2)cc([N+](=O)[O-])c1. The Morgan fingerprint density at radius 3 is 1.46 bits per heavy atom. The van der Waals surface area contributed by atoms with Gasteiger partial charge in [0.25, 0.3) is 17.5 Å². The Morgan fingerprint density at radius 1 is 0.692 bits per heavy atom. The third-order valence-corrected chi connectivity index (χ3v) is 5.81. The summed E-state index contributed by atoms with van der Waals surface area (Å²) in [6, 6.07) is 17.4. The standard InChI is InChI=1S/C26H25N9O4/c36-23(31-18-1-5-20(6-2-18)33-25-27-9-10-28-25)16-13-17(15-22(14-16)35(38)39)24(37)32-19-3-7-21(8-4-19)34-26-29-11-12-30-26/h1-8,13-15H,9-12H2,(H,31,36)(H,32,37)(H2,27,28,33)(H2,29,30,34). The van der Waals surface area contributed by atoms with Gasteiger partial charge in [-0.3, -0.25) is 29.7 Å². The molecule has 0 saturated carbocycles. The Labute approximate surface area is 223 Å². The fourth-order valence-corrected chi connectivity index (χ4v) is 3.90. The van der Waals surface area contributed by atoms with Crippen LogP contribution in [0.3, 0.4) is 0 Å². The van der Waals surface area contributed by atoms with Gasteiger partial charge in [-0.15, -0.1) is 0 Å². The number of hydrogen-bond acceptors (Lipinski definition) is 10. The summed E-state index contributed by atoms with van der Waals surface area (Å²) in [5, 5.41) is 29.4. The van der Waals surface area contributed by atoms with Crippen LogP contribution in [0.2, 0.25) is 0 Å². The van der Waals surface area contributed by atoms with E-state index in [-0.39, 0.29) is 16.8 Å². The topological polar surface area (TPSA) is 174 Å². The van der Waals surface area contributed by atoms with Crippen LogP contribution in [0, 0.1) is 10.1 Å². The van der Waals surface area contributed by atoms with Crippen molar-refractivity contribution < 1.29 is 14.5 Å². The van der Waals surface area contributed by atoms with E-state index in [4.69, 9.17) is 0 Å². The van der Waals surface area contributed by atoms with Crippen LogP contribution in [0.15, 0.2) is 76.7 Å². The van der Waals surface area contributed by atoms with E-state index in [1.807, 2.05) is 0 Å². The lowest BCUT2D eigenvalue weighted by atomic mass is 10.1. The van der Waals surface area contributed by atoms with Gasteiger partial charge in [0.1, 0.15) is 0 Å². The molecule has 13 nitrogen and oxygen atoms in total. The van der Waals surface area contributed by atoms with E-state index in [2.05, 4.69) is 41.9 Å². The molecule has 2 aliphatic heterocycles. The van der Waals surface area contributed by atoms with E-state index >= 15 is 0 Å². The van der Waals surface area contributed by atoms with Crippen molar-refractivity contribution >= 4 is 52.2 Å². The molecule has 0 aliphatic carbocycles. The van der Waals surface area contributed by atoms with E-state index in [1.165, 1.54) is 6.07 Å². The molecule has 6 N–H and O–H groups in total. The molecule has 2 heterocycles. The predicted octanol–water partition coefficient (Wildman–Crippen LogP) is 2.84. The Morgan fingerprint density at radius 2 is 1.10 bits per heavy atom. The van der Waals surface area contributed by atoms with E-state index in [0.717, 1.165) is 36.6 Å². The Bertz CT molecular complexity index is 1370. The molecule has 2 amide bonds. The molecule has 0 saturated heterocycles. The number of hydrogen-bond donors (Lipinski definition) is 6. The number of nitro benzene ring substituents is 1. The van der Waals surface area contributed by atoms with Crippen molar-refractivity contribution in [2.45, 2.75) is 0 Å². The molecule has 0 spiro atoms. The monoisotopic (exact) mass is 527 g/mol. The van der Waals surface area contributed by atoms with Crippen LogP contribution in [0.4, 0.5) is 28.4 Å². The maximum atomic E-state index is 12.9. The predicted molar refractivity (Wildman–Crippen MR) is 150 cm³/mol. The summed E-state index contributed by atoms with van der Waals surface area (Å²) in [5.74, 6) is 0.180. The summed E-state index contributed by atoms with van der Waals surface area (Å²) in [4.78, 5) is 45.3. The minimum Gasteiger partial charge on any atom is -0.354 e. The molecule has 3 aromatic carbocycles. The number of anilines is 4. The second-order valence-electron chi connectivity index (χ2n) is 8.65. The van der Waals surface area contributed by atoms with Crippen molar-refractivity contribution in [1.82, 2.24) is 10.6 Å². The maximum absolute atomic E-state index is 12.9. The van der Waals surface area contributed by atoms with Crippen LogP contribution in [0.25, 0.3) is 0 Å². The molecule has 0 atom stereocenters. The lowest BCUT2D eigenvalue weighted by molar-refractivity contribution is -0.384. The number of rotatable bonds is 7. The van der Waals surface area contributed by atoms with Crippen LogP contribution >= 0.6 is 0 Å². The molecule has 0 bridgehead atoms. The first kappa shape index (κ1) is 25.2. The Balaban J connectivity index is 1.26. The zero-order valence-corrected chi connectivity index (χ0v) is 20.7. The number of aliphatic imine (C=N–C) groups is 2. The third kappa shape index (κ3) is 6.46. The number of nitrogens with zero attached hydrogens (tertiary/aromatic N) is 3. The van der Waals surface area contributed by atoms with Crippen LogP contribution in [-0.4, -0.2) is 54.8 Å². The number of guanidine groups is 2. The smallest absolute Gasteiger partial charge is 0.271 e. The van der Waals surface area contributed by atoms with Gasteiger partial charge in [0, 0.05) is 59.1 Å². The molecular formula is C26H25N9O4. The molecule has 0 unspecified atom stereocenters. The van der Waals surface area contributed by atoms with Gasteiger partial charge < -0.3 is 31.9 Å². The highest BCUT2D eigenvalue weighted by molar-refractivity contribution is 6.09. The van der Waals surface area contributed by atoms with E-state index in [9.17, 15) is 19.7 Å². The van der Waals surface area contributed by atoms with Gasteiger partial charge in [0.2, 0.25) is 0 Å². The highest BCUT2D eigenvalue weighted by atomic mass is 16.6. The first-order chi connectivity index (χ1) is 18.9. The van der Waals surface area contributed by atoms with Crippen molar-refractivity contribution in [2.24, 2.45) is 9.98 Å². The number of non-ortho nitro benzene ring substituents is 1. The van der Waals surface area contributed by atoms with Gasteiger partial charge >= 0.3 is 0 Å². The summed E-state index contributed by atoms with van der Waals surface area (Å²) >= 11 is 0. The van der Waals surface area contributed by atoms with Crippen LogP contribution in [0.5, 0.6) is 0 Å². The van der Waals surface area contributed by atoms with Crippen molar-refractivity contribution in [3.05, 3.63) is 88.0 Å². The lowest BCUT2D eigenvalue weighted by Crippen LogP contribution is -2.26. The number of nitro groups is 1. The second-order valence-corrected chi connectivity index (χ2v) is 8.65. The number of carbonyl (C=O) groups is 2. The minimum atomic E-state index is -0.645. The average Bonchev–Trinajstić information content (AvgIpc) is 3.65. The van der Waals surface area contributed by atoms with Gasteiger partial charge in [-0.25, -0.2) is 0 Å². The average molecular weight is 528 g/mol. The molecule has 39 heavy (non-hydrogen) atoms. The second kappa shape index (κ2) is 11.3. The summed E-state index contributed by atoms with van der Waals surface area (Å²) in [7, 11) is 0. The van der Waals surface area contributed by atoms with Crippen molar-refractivity contribution in [1.29, 1.82) is 0 Å². The van der Waals surface area contributed by atoms with E-state index in [0.29, 0.717) is 36.4 Å². The highest BCUT2D eigenvalue weighted by Gasteiger charge is 2.19. The molecule has 13 heteroatoms. The Kier molecular flexibility index (Phi) is 7.30. The molecular weight excluding hydrogens is 502 g/mol. The van der Waals surface area contributed by atoms with Gasteiger partial charge in [-0.05, 0) is 54.6 Å². The molecule has 0 aromatic heterocycles. The maximum Gasteiger partial charge on any atom is 0.271 e. The number of amides is 2. The molecule has 0 radical (unpaired) electrons. The van der Waals surface area contributed by atoms with Crippen LogP contribution in [0.1, 0.15) is 20.7 Å². The highest BCUT2D eigenvalue weighted by Crippen LogP contribution is 2.22. The summed E-state index contributed by atoms with van der Waals surface area (Å²) in [6.45, 7) is 2.96. The quantitative estimate of drug-likeness (QED) is 0.201. The minimum absolute atomic E-state index is 0.0227. The van der Waals surface area contributed by atoms with Crippen LogP contribution < -0.4 is 31.9 Å². The normalized spacial score (nSPS) is 13.8. The van der Waals surface area contributed by atoms with E-state index in [1.54, 1.807) is 48.5 Å². The first-order valence-corrected chi connectivity index (χ1v) is 12.2. The van der Waals surface area contributed by atoms with Crippen molar-refractivity contribution in [2.75, 3.05) is 47.4 Å². The molecule has 0 fully saturated rings. The number of benzene rings is 3. The van der Waals surface area contributed by atoms with Crippen LogP contribution in [-0.2, 0) is 0 Å². The number of carbonyl (C=O) groups excluding carboxylic acids is 2. The third-order valence-electron chi connectivity index (χ3n) is 5.81. The fraction of sp³-hybridized carbons (Fsp3) is 0.154. The van der Waals surface area contributed by atoms with Gasteiger partial charge in [0.15, 0.2) is 11.9 Å². The number of nitrogens with one attached hydrogen (secondary N) is 6. The largest absolute Gasteiger partial charge is 0.354 e. The summed E-state index contributed by atoms with van der Waals surface area (Å²) in [6.07, 6.45) is 0. The summed E-state index contributed by atoms with van der Waals surface area (Å²) in [5.41, 5.74) is 2.11. The zero-order valence-electron chi connectivity index (χ0n) is 20.7. The molecule has 198 valence electrons. The Hall–Kier alpha value is -5.46. The molecule has 2 aliphatic rings. The first-order valence-electron chi connectivity index (χ1n) is 12.2. The summed E-state index contributed by atoms with van der Waals surface area (Å²) < 4.78 is 0. The van der Waals surface area contributed by atoms with Gasteiger partial charge in [-0.2, -0.15) is 0 Å². The van der Waals surface area contributed by atoms with E-state index < -0.39 is 16.7 Å². The van der Waals surface area contributed by atoms with Crippen molar-refractivity contribution in [3.8, 4) is 0 Å². The fourth-order valence-electron chi connectivity index (χ4n) is 3.90.